The van der Waals surface area contributed by atoms with Crippen LogP contribution in [-0.4, -0.2) is 41.3 Å². The van der Waals surface area contributed by atoms with Crippen LogP contribution in [0.1, 0.15) is 88.0 Å². The SMILES string of the molecule is C.CC[C@H](C)C(NC(C)=O)C(=O)N[C@@H](CSC/C=C(\C)CC/C=C(\C)CCC=C(C)C)C(=O)NN. The zero-order chi connectivity index (χ0) is 26.1. The molecule has 0 saturated heterocycles. The van der Waals surface area contributed by atoms with Gasteiger partial charge in [-0.15, -0.1) is 0 Å². The molecule has 0 aliphatic rings. The number of hydrogen-bond acceptors (Lipinski definition) is 5. The summed E-state index contributed by atoms with van der Waals surface area (Å²) in [6, 6.07) is -1.47. The van der Waals surface area contributed by atoms with Gasteiger partial charge in [-0.05, 0) is 59.3 Å². The topological polar surface area (TPSA) is 113 Å². The second kappa shape index (κ2) is 20.2. The molecule has 8 heteroatoms. The lowest BCUT2D eigenvalue weighted by Crippen LogP contribution is -2.57. The molecule has 0 heterocycles. The fourth-order valence-corrected chi connectivity index (χ4v) is 4.20. The second-order valence-electron chi connectivity index (χ2n) is 9.13. The Morgan fingerprint density at radius 1 is 0.886 bits per heavy atom. The van der Waals surface area contributed by atoms with Crippen molar-refractivity contribution in [2.45, 2.75) is 100 Å². The zero-order valence-electron chi connectivity index (χ0n) is 22.1. The van der Waals surface area contributed by atoms with Gasteiger partial charge in [-0.3, -0.25) is 19.8 Å². The van der Waals surface area contributed by atoms with Crippen molar-refractivity contribution in [1.82, 2.24) is 16.1 Å². The number of rotatable bonds is 16. The predicted molar refractivity (Wildman–Crippen MR) is 151 cm³/mol. The van der Waals surface area contributed by atoms with Gasteiger partial charge >= 0.3 is 0 Å². The molecule has 0 fully saturated rings. The molecular weight excluding hydrogens is 460 g/mol. The van der Waals surface area contributed by atoms with Crippen LogP contribution < -0.4 is 21.9 Å². The number of carbonyl (C=O) groups is 3. The molecule has 1 unspecified atom stereocenters. The Kier molecular flexibility index (Phi) is 20.2. The summed E-state index contributed by atoms with van der Waals surface area (Å²) in [5, 5.41) is 5.43. The summed E-state index contributed by atoms with van der Waals surface area (Å²) < 4.78 is 0. The minimum atomic E-state index is -0.775. The Labute approximate surface area is 218 Å². The Morgan fingerprint density at radius 3 is 1.97 bits per heavy atom. The summed E-state index contributed by atoms with van der Waals surface area (Å²) in [7, 11) is 0. The quantitative estimate of drug-likeness (QED) is 0.0783. The standard InChI is InChI=1S/C26H46N4O3S.CH4/c1-8-21(6)24(28-22(7)31)26(33)29-23(25(32)30-27)17-34-16-15-20(5)14-10-13-19(4)12-9-11-18(2)3;/h11,13,15,21,23-24H,8-10,12,14,16-17,27H2,1-7H3,(H,28,31)(H,29,33)(H,30,32);1H4/b19-13+,20-15+;/t21-,23-,24?;/m0./s1. The van der Waals surface area contributed by atoms with Crippen molar-refractivity contribution in [3.05, 3.63) is 34.9 Å². The fraction of sp³-hybridized carbons (Fsp3) is 0.667. The van der Waals surface area contributed by atoms with Gasteiger partial charge in [0.15, 0.2) is 0 Å². The molecule has 0 spiro atoms. The molecule has 0 aromatic heterocycles. The van der Waals surface area contributed by atoms with E-state index >= 15 is 0 Å². The molecular formula is C27H50N4O3S. The van der Waals surface area contributed by atoms with Crippen LogP contribution in [0, 0.1) is 5.92 Å². The van der Waals surface area contributed by atoms with Crippen LogP contribution in [0.3, 0.4) is 0 Å². The number of nitrogens with one attached hydrogen (secondary N) is 3. The highest BCUT2D eigenvalue weighted by molar-refractivity contribution is 7.99. The zero-order valence-corrected chi connectivity index (χ0v) is 22.9. The molecule has 202 valence electrons. The summed E-state index contributed by atoms with van der Waals surface area (Å²) in [6.45, 7) is 13.8. The first-order chi connectivity index (χ1) is 16.0. The number of amides is 3. The lowest BCUT2D eigenvalue weighted by molar-refractivity contribution is -0.132. The van der Waals surface area contributed by atoms with Crippen molar-refractivity contribution < 1.29 is 14.4 Å². The fourth-order valence-electron chi connectivity index (χ4n) is 3.19. The van der Waals surface area contributed by atoms with E-state index in [-0.39, 0.29) is 25.2 Å². The minimum Gasteiger partial charge on any atom is -0.344 e. The summed E-state index contributed by atoms with van der Waals surface area (Å²) in [5.41, 5.74) is 6.20. The molecule has 0 saturated carbocycles. The van der Waals surface area contributed by atoms with Crippen molar-refractivity contribution >= 4 is 29.5 Å². The average molecular weight is 511 g/mol. The molecule has 0 aromatic carbocycles. The second-order valence-corrected chi connectivity index (χ2v) is 10.2. The third-order valence-corrected chi connectivity index (χ3v) is 6.56. The van der Waals surface area contributed by atoms with E-state index in [1.165, 1.54) is 23.6 Å². The number of thioether (sulfide) groups is 1. The molecule has 0 aromatic rings. The normalized spacial score (nSPS) is 14.2. The third-order valence-electron chi connectivity index (χ3n) is 5.59. The Hall–Kier alpha value is -2.06. The maximum absolute atomic E-state index is 12.7. The summed E-state index contributed by atoms with van der Waals surface area (Å²) in [6.07, 6.45) is 11.7. The van der Waals surface area contributed by atoms with E-state index in [1.54, 1.807) is 11.8 Å². The smallest absolute Gasteiger partial charge is 0.257 e. The lowest BCUT2D eigenvalue weighted by Gasteiger charge is -2.25. The number of carbonyl (C=O) groups excluding carboxylic acids is 3. The molecule has 0 bridgehead atoms. The molecule has 7 nitrogen and oxygen atoms in total. The van der Waals surface area contributed by atoms with Crippen molar-refractivity contribution in [2.75, 3.05) is 11.5 Å². The van der Waals surface area contributed by atoms with Crippen molar-refractivity contribution in [1.29, 1.82) is 0 Å². The van der Waals surface area contributed by atoms with Gasteiger partial charge in [-0.25, -0.2) is 5.84 Å². The van der Waals surface area contributed by atoms with Crippen molar-refractivity contribution in [2.24, 2.45) is 11.8 Å². The third kappa shape index (κ3) is 17.1. The van der Waals surface area contributed by atoms with Crippen LogP contribution in [0.4, 0.5) is 0 Å². The lowest BCUT2D eigenvalue weighted by atomic mass is 9.98. The van der Waals surface area contributed by atoms with Crippen molar-refractivity contribution in [3.63, 3.8) is 0 Å². The molecule has 3 amide bonds. The molecule has 35 heavy (non-hydrogen) atoms. The van der Waals surface area contributed by atoms with E-state index in [2.05, 4.69) is 62.0 Å². The van der Waals surface area contributed by atoms with Gasteiger partial charge < -0.3 is 10.6 Å². The maximum Gasteiger partial charge on any atom is 0.257 e. The van der Waals surface area contributed by atoms with Gasteiger partial charge in [0, 0.05) is 18.4 Å². The highest BCUT2D eigenvalue weighted by Crippen LogP contribution is 2.14. The highest BCUT2D eigenvalue weighted by Gasteiger charge is 2.28. The number of allylic oxidation sites excluding steroid dienone is 5. The summed E-state index contributed by atoms with van der Waals surface area (Å²) >= 11 is 1.55. The van der Waals surface area contributed by atoms with Gasteiger partial charge in [0.25, 0.3) is 5.91 Å². The number of hydrazine groups is 1. The van der Waals surface area contributed by atoms with E-state index in [9.17, 15) is 14.4 Å². The number of nitrogens with two attached hydrogens (primary N) is 1. The van der Waals surface area contributed by atoms with E-state index < -0.39 is 18.0 Å². The number of hydrogen-bond donors (Lipinski definition) is 4. The van der Waals surface area contributed by atoms with Crippen LogP contribution in [0.2, 0.25) is 0 Å². The first kappa shape index (κ1) is 35.1. The highest BCUT2D eigenvalue weighted by atomic mass is 32.2. The average Bonchev–Trinajstić information content (AvgIpc) is 2.77. The van der Waals surface area contributed by atoms with Crippen LogP contribution in [0.25, 0.3) is 0 Å². The van der Waals surface area contributed by atoms with Gasteiger partial charge in [-0.1, -0.05) is 62.6 Å². The van der Waals surface area contributed by atoms with E-state index in [0.717, 1.165) is 37.9 Å². The van der Waals surface area contributed by atoms with Gasteiger partial charge in [-0.2, -0.15) is 11.8 Å². The van der Waals surface area contributed by atoms with Crippen LogP contribution >= 0.6 is 11.8 Å². The van der Waals surface area contributed by atoms with Gasteiger partial charge in [0.05, 0.1) is 0 Å². The Morgan fingerprint density at radius 2 is 1.46 bits per heavy atom. The molecule has 0 radical (unpaired) electrons. The monoisotopic (exact) mass is 510 g/mol. The molecule has 0 rings (SSSR count). The Balaban J connectivity index is 0. The molecule has 3 atom stereocenters. The first-order valence-electron chi connectivity index (χ1n) is 12.1. The van der Waals surface area contributed by atoms with E-state index in [0.29, 0.717) is 5.75 Å². The molecule has 0 aliphatic heterocycles. The summed E-state index contributed by atoms with van der Waals surface area (Å²) in [5.74, 6) is 5.26. The predicted octanol–water partition coefficient (Wildman–Crippen LogP) is 4.80. The molecule has 5 N–H and O–H groups in total. The van der Waals surface area contributed by atoms with Crippen molar-refractivity contribution in [3.8, 4) is 0 Å². The van der Waals surface area contributed by atoms with E-state index in [1.807, 2.05) is 13.8 Å². The van der Waals surface area contributed by atoms with Crippen LogP contribution in [0.5, 0.6) is 0 Å². The maximum atomic E-state index is 12.7. The molecule has 0 aliphatic carbocycles. The van der Waals surface area contributed by atoms with E-state index in [4.69, 9.17) is 5.84 Å². The summed E-state index contributed by atoms with van der Waals surface area (Å²) in [4.78, 5) is 36.5. The van der Waals surface area contributed by atoms with Crippen LogP contribution in [0.15, 0.2) is 34.9 Å². The first-order valence-corrected chi connectivity index (χ1v) is 13.3. The van der Waals surface area contributed by atoms with Gasteiger partial charge in [0.2, 0.25) is 11.8 Å². The van der Waals surface area contributed by atoms with Gasteiger partial charge in [0.1, 0.15) is 12.1 Å². The minimum absolute atomic E-state index is 0. The van der Waals surface area contributed by atoms with Crippen LogP contribution in [-0.2, 0) is 14.4 Å². The largest absolute Gasteiger partial charge is 0.344 e. The Bertz CT molecular complexity index is 743.